The summed E-state index contributed by atoms with van der Waals surface area (Å²) in [6.45, 7) is 2.04. The molecule has 1 aliphatic rings. The Morgan fingerprint density at radius 1 is 1.16 bits per heavy atom. The monoisotopic (exact) mass is 256 g/mol. The fourth-order valence-electron chi connectivity index (χ4n) is 2.24. The molecule has 2 aromatic rings. The lowest BCUT2D eigenvalue weighted by atomic mass is 9.96. The zero-order valence-electron chi connectivity index (χ0n) is 10.3. The lowest BCUT2D eigenvalue weighted by Crippen LogP contribution is -2.00. The summed E-state index contributed by atoms with van der Waals surface area (Å²) in [5, 5.41) is 9.15. The van der Waals surface area contributed by atoms with Gasteiger partial charge in [0.1, 0.15) is 0 Å². The van der Waals surface area contributed by atoms with E-state index in [0.717, 1.165) is 22.4 Å². The molecule has 0 bridgehead atoms. The third-order valence-electron chi connectivity index (χ3n) is 3.25. The highest BCUT2D eigenvalue weighted by atomic mass is 16.7. The van der Waals surface area contributed by atoms with Crippen LogP contribution in [0.25, 0.3) is 11.1 Å². The van der Waals surface area contributed by atoms with Crippen molar-refractivity contribution in [3.05, 3.63) is 47.5 Å². The average Bonchev–Trinajstić information content (AvgIpc) is 2.85. The van der Waals surface area contributed by atoms with Crippen LogP contribution in [0.4, 0.5) is 0 Å². The first-order valence-electron chi connectivity index (χ1n) is 5.90. The number of carboxylic acids is 1. The maximum Gasteiger partial charge on any atom is 0.335 e. The predicted octanol–water partition coefficient (Wildman–Crippen LogP) is 3.09. The minimum absolute atomic E-state index is 0.229. The second kappa shape index (κ2) is 4.31. The molecule has 3 rings (SSSR count). The van der Waals surface area contributed by atoms with Crippen molar-refractivity contribution in [3.8, 4) is 22.6 Å². The minimum Gasteiger partial charge on any atom is -0.478 e. The maximum absolute atomic E-state index is 11.1. The summed E-state index contributed by atoms with van der Waals surface area (Å²) in [4.78, 5) is 11.1. The molecule has 96 valence electrons. The Morgan fingerprint density at radius 3 is 2.74 bits per heavy atom. The molecule has 4 heteroatoms. The van der Waals surface area contributed by atoms with Gasteiger partial charge in [0, 0.05) is 0 Å². The molecule has 0 amide bonds. The third-order valence-corrected chi connectivity index (χ3v) is 3.25. The lowest BCUT2D eigenvalue weighted by molar-refractivity contribution is 0.0696. The van der Waals surface area contributed by atoms with Crippen molar-refractivity contribution in [1.82, 2.24) is 0 Å². The summed E-state index contributed by atoms with van der Waals surface area (Å²) in [5.41, 5.74) is 2.87. The van der Waals surface area contributed by atoms with Gasteiger partial charge in [0.2, 0.25) is 6.79 Å². The Balaban J connectivity index is 2.12. The fourth-order valence-corrected chi connectivity index (χ4v) is 2.24. The van der Waals surface area contributed by atoms with Crippen LogP contribution >= 0.6 is 0 Å². The van der Waals surface area contributed by atoms with Crippen LogP contribution in [0.15, 0.2) is 36.4 Å². The molecule has 0 aromatic heterocycles. The number of fused-ring (bicyclic) bond motifs is 1. The van der Waals surface area contributed by atoms with E-state index in [9.17, 15) is 4.79 Å². The van der Waals surface area contributed by atoms with Gasteiger partial charge in [0.15, 0.2) is 11.5 Å². The number of rotatable bonds is 2. The molecule has 1 aliphatic heterocycles. The molecule has 1 N–H and O–H groups in total. The van der Waals surface area contributed by atoms with Gasteiger partial charge in [-0.1, -0.05) is 18.2 Å². The van der Waals surface area contributed by atoms with Gasteiger partial charge in [-0.05, 0) is 41.8 Å². The highest BCUT2D eigenvalue weighted by molar-refractivity contribution is 5.92. The summed E-state index contributed by atoms with van der Waals surface area (Å²) in [6.07, 6.45) is 0. The predicted molar refractivity (Wildman–Crippen MR) is 69.7 cm³/mol. The number of hydrogen-bond acceptors (Lipinski definition) is 3. The van der Waals surface area contributed by atoms with Crippen LogP contribution in [0.5, 0.6) is 11.5 Å². The average molecular weight is 256 g/mol. The van der Waals surface area contributed by atoms with Gasteiger partial charge in [0.05, 0.1) is 5.56 Å². The van der Waals surface area contributed by atoms with Gasteiger partial charge in [-0.15, -0.1) is 0 Å². The van der Waals surface area contributed by atoms with Crippen LogP contribution in [0.2, 0.25) is 0 Å². The molecule has 0 aliphatic carbocycles. The molecule has 19 heavy (non-hydrogen) atoms. The smallest absolute Gasteiger partial charge is 0.335 e. The van der Waals surface area contributed by atoms with Crippen molar-refractivity contribution in [1.29, 1.82) is 0 Å². The number of aromatic carboxylic acids is 1. The summed E-state index contributed by atoms with van der Waals surface area (Å²) in [7, 11) is 0. The molecule has 1 heterocycles. The van der Waals surface area contributed by atoms with E-state index in [1.807, 2.05) is 31.2 Å². The first-order chi connectivity index (χ1) is 9.16. The van der Waals surface area contributed by atoms with Gasteiger partial charge in [0.25, 0.3) is 0 Å². The highest BCUT2D eigenvalue weighted by Gasteiger charge is 2.16. The fraction of sp³-hybridized carbons (Fsp3) is 0.133. The maximum atomic E-state index is 11.1. The SMILES string of the molecule is Cc1c(C(=O)O)cccc1-c1ccc2c(c1)OCO2. The number of ether oxygens (including phenoxy) is 2. The molecule has 0 fully saturated rings. The van der Waals surface area contributed by atoms with Gasteiger partial charge >= 0.3 is 5.97 Å². The third kappa shape index (κ3) is 1.91. The highest BCUT2D eigenvalue weighted by Crippen LogP contribution is 2.37. The first-order valence-corrected chi connectivity index (χ1v) is 5.90. The van der Waals surface area contributed by atoms with Crippen molar-refractivity contribution in [2.24, 2.45) is 0 Å². The first kappa shape index (κ1) is 11.6. The van der Waals surface area contributed by atoms with Crippen molar-refractivity contribution in [3.63, 3.8) is 0 Å². The van der Waals surface area contributed by atoms with E-state index in [0.29, 0.717) is 11.3 Å². The van der Waals surface area contributed by atoms with E-state index in [4.69, 9.17) is 14.6 Å². The molecule has 0 saturated heterocycles. The van der Waals surface area contributed by atoms with Crippen molar-refractivity contribution >= 4 is 5.97 Å². The summed E-state index contributed by atoms with van der Waals surface area (Å²) >= 11 is 0. The molecule has 0 atom stereocenters. The second-order valence-corrected chi connectivity index (χ2v) is 4.35. The number of carbonyl (C=O) groups is 1. The quantitative estimate of drug-likeness (QED) is 0.897. The summed E-state index contributed by atoms with van der Waals surface area (Å²) in [5.74, 6) is 0.494. The molecule has 0 radical (unpaired) electrons. The van der Waals surface area contributed by atoms with Crippen LogP contribution in [0.1, 0.15) is 15.9 Å². The van der Waals surface area contributed by atoms with Crippen LogP contribution in [-0.4, -0.2) is 17.9 Å². The van der Waals surface area contributed by atoms with E-state index < -0.39 is 5.97 Å². The van der Waals surface area contributed by atoms with E-state index in [1.54, 1.807) is 12.1 Å². The summed E-state index contributed by atoms with van der Waals surface area (Å²) < 4.78 is 10.6. The van der Waals surface area contributed by atoms with Gasteiger partial charge < -0.3 is 14.6 Å². The number of hydrogen-bond donors (Lipinski definition) is 1. The molecule has 0 saturated carbocycles. The Kier molecular flexibility index (Phi) is 2.63. The standard InChI is InChI=1S/C15H12O4/c1-9-11(3-2-4-12(9)15(16)17)10-5-6-13-14(7-10)19-8-18-13/h2-7H,8H2,1H3,(H,16,17). The molecule has 0 unspecified atom stereocenters. The van der Waals surface area contributed by atoms with Crippen LogP contribution in [0, 0.1) is 6.92 Å². The largest absolute Gasteiger partial charge is 0.478 e. The molecule has 0 spiro atoms. The van der Waals surface area contributed by atoms with E-state index in [1.165, 1.54) is 0 Å². The van der Waals surface area contributed by atoms with Crippen LogP contribution in [-0.2, 0) is 0 Å². The van der Waals surface area contributed by atoms with Gasteiger partial charge in [-0.3, -0.25) is 0 Å². The molecular formula is C15H12O4. The normalized spacial score (nSPS) is 12.5. The van der Waals surface area contributed by atoms with Gasteiger partial charge in [-0.2, -0.15) is 0 Å². The Labute approximate surface area is 110 Å². The molecular weight excluding hydrogens is 244 g/mol. The van der Waals surface area contributed by atoms with E-state index in [2.05, 4.69) is 0 Å². The number of carboxylic acid groups (broad SMARTS) is 1. The Hall–Kier alpha value is -2.49. The Morgan fingerprint density at radius 2 is 1.95 bits per heavy atom. The van der Waals surface area contributed by atoms with Crippen molar-refractivity contribution < 1.29 is 19.4 Å². The summed E-state index contributed by atoms with van der Waals surface area (Å²) in [6, 6.07) is 10.9. The van der Waals surface area contributed by atoms with Crippen LogP contribution < -0.4 is 9.47 Å². The van der Waals surface area contributed by atoms with Crippen LogP contribution in [0.3, 0.4) is 0 Å². The minimum atomic E-state index is -0.917. The van der Waals surface area contributed by atoms with E-state index >= 15 is 0 Å². The van der Waals surface area contributed by atoms with Gasteiger partial charge in [-0.25, -0.2) is 4.79 Å². The lowest BCUT2D eigenvalue weighted by Gasteiger charge is -2.09. The topological polar surface area (TPSA) is 55.8 Å². The zero-order chi connectivity index (χ0) is 13.4. The number of benzene rings is 2. The zero-order valence-corrected chi connectivity index (χ0v) is 10.3. The van der Waals surface area contributed by atoms with Crippen molar-refractivity contribution in [2.45, 2.75) is 6.92 Å². The van der Waals surface area contributed by atoms with Crippen molar-refractivity contribution in [2.75, 3.05) is 6.79 Å². The molecule has 2 aromatic carbocycles. The molecule has 4 nitrogen and oxygen atoms in total. The second-order valence-electron chi connectivity index (χ2n) is 4.35. The van der Waals surface area contributed by atoms with E-state index in [-0.39, 0.29) is 6.79 Å². The Bertz CT molecular complexity index is 661.